The molecular formula is C8H9NS. The summed E-state index contributed by atoms with van der Waals surface area (Å²) in [5, 5.41) is 0. The summed E-state index contributed by atoms with van der Waals surface area (Å²) in [6.45, 7) is 2.05. The van der Waals surface area contributed by atoms with Gasteiger partial charge in [0.25, 0.3) is 0 Å². The Labute approximate surface area is 66.3 Å². The Morgan fingerprint density at radius 1 is 1.40 bits per heavy atom. The summed E-state index contributed by atoms with van der Waals surface area (Å²) < 4.78 is 3.64. The normalized spacial score (nSPS) is 10.6. The maximum absolute atomic E-state index is 3.75. The zero-order valence-electron chi connectivity index (χ0n) is 5.78. The van der Waals surface area contributed by atoms with Gasteiger partial charge in [0.05, 0.1) is 0 Å². The van der Waals surface area contributed by atoms with Gasteiger partial charge >= 0.3 is 0 Å². The van der Waals surface area contributed by atoms with Crippen LogP contribution in [-0.2, 0) is 0 Å². The molecule has 10 heavy (non-hydrogen) atoms. The van der Waals surface area contributed by atoms with Gasteiger partial charge in [-0.3, -0.25) is 0 Å². The van der Waals surface area contributed by atoms with Gasteiger partial charge in [0.1, 0.15) is 0 Å². The van der Waals surface area contributed by atoms with Gasteiger partial charge in [-0.05, 0) is 30.9 Å². The minimum absolute atomic E-state index is 1.12. The standard InChI is InChI=1S/C8H9NS/c1-7-4-2-3-5-8(7)6-9-10/h2-6,10H,1H3/b9-6-. The molecule has 0 aliphatic rings. The predicted molar refractivity (Wildman–Crippen MR) is 47.8 cm³/mol. The van der Waals surface area contributed by atoms with Crippen LogP contribution in [0, 0.1) is 6.92 Å². The highest BCUT2D eigenvalue weighted by Gasteiger charge is 1.89. The Bertz CT molecular complexity index is 243. The van der Waals surface area contributed by atoms with Crippen molar-refractivity contribution in [3.63, 3.8) is 0 Å². The number of nitrogens with zero attached hydrogens (tertiary/aromatic N) is 1. The molecule has 0 bridgehead atoms. The minimum Gasteiger partial charge on any atom is -0.227 e. The Balaban J connectivity index is 3.03. The van der Waals surface area contributed by atoms with Gasteiger partial charge < -0.3 is 0 Å². The van der Waals surface area contributed by atoms with Crippen molar-refractivity contribution >= 4 is 19.0 Å². The molecule has 52 valence electrons. The van der Waals surface area contributed by atoms with E-state index in [1.54, 1.807) is 6.21 Å². The van der Waals surface area contributed by atoms with Crippen molar-refractivity contribution in [1.29, 1.82) is 0 Å². The van der Waals surface area contributed by atoms with Crippen LogP contribution in [0.5, 0.6) is 0 Å². The Morgan fingerprint density at radius 2 is 2.10 bits per heavy atom. The van der Waals surface area contributed by atoms with E-state index in [2.05, 4.69) is 17.2 Å². The second-order valence-electron chi connectivity index (χ2n) is 2.10. The van der Waals surface area contributed by atoms with Crippen LogP contribution in [0.3, 0.4) is 0 Å². The van der Waals surface area contributed by atoms with E-state index in [4.69, 9.17) is 0 Å². The molecule has 0 radical (unpaired) electrons. The number of hydrogen-bond acceptors (Lipinski definition) is 2. The molecule has 0 amide bonds. The van der Waals surface area contributed by atoms with Gasteiger partial charge in [0.15, 0.2) is 0 Å². The van der Waals surface area contributed by atoms with Crippen molar-refractivity contribution in [3.8, 4) is 0 Å². The number of rotatable bonds is 1. The first-order chi connectivity index (χ1) is 4.84. The van der Waals surface area contributed by atoms with Crippen LogP contribution in [0.2, 0.25) is 0 Å². The SMILES string of the molecule is Cc1ccccc1/C=N\S. The monoisotopic (exact) mass is 151 g/mol. The van der Waals surface area contributed by atoms with E-state index in [0.29, 0.717) is 0 Å². The van der Waals surface area contributed by atoms with Gasteiger partial charge in [-0.2, -0.15) is 0 Å². The fourth-order valence-electron chi connectivity index (χ4n) is 0.794. The highest BCUT2D eigenvalue weighted by Crippen LogP contribution is 2.03. The molecule has 2 heteroatoms. The molecule has 0 atom stereocenters. The molecule has 0 aromatic heterocycles. The first kappa shape index (κ1) is 7.35. The molecule has 0 aliphatic heterocycles. The van der Waals surface area contributed by atoms with Crippen LogP contribution in [0.25, 0.3) is 0 Å². The highest BCUT2D eigenvalue weighted by atomic mass is 32.1. The number of hydrogen-bond donors (Lipinski definition) is 1. The smallest absolute Gasteiger partial charge is 0.0423 e. The van der Waals surface area contributed by atoms with E-state index in [9.17, 15) is 0 Å². The lowest BCUT2D eigenvalue weighted by Gasteiger charge is -1.95. The third kappa shape index (κ3) is 1.61. The molecule has 1 rings (SSSR count). The maximum Gasteiger partial charge on any atom is 0.0423 e. The number of thiol groups is 1. The highest BCUT2D eigenvalue weighted by molar-refractivity contribution is 7.79. The Morgan fingerprint density at radius 3 is 2.70 bits per heavy atom. The minimum atomic E-state index is 1.12. The van der Waals surface area contributed by atoms with Crippen molar-refractivity contribution in [2.24, 2.45) is 4.40 Å². The summed E-state index contributed by atoms with van der Waals surface area (Å²) in [6.07, 6.45) is 1.73. The van der Waals surface area contributed by atoms with Crippen molar-refractivity contribution in [2.75, 3.05) is 0 Å². The maximum atomic E-state index is 3.75. The van der Waals surface area contributed by atoms with Crippen LogP contribution >= 0.6 is 12.8 Å². The van der Waals surface area contributed by atoms with E-state index >= 15 is 0 Å². The summed E-state index contributed by atoms with van der Waals surface area (Å²) in [7, 11) is 0. The van der Waals surface area contributed by atoms with Gasteiger partial charge in [-0.15, -0.1) is 0 Å². The lowest BCUT2D eigenvalue weighted by Crippen LogP contribution is -1.83. The molecular weight excluding hydrogens is 142 g/mol. The van der Waals surface area contributed by atoms with Crippen molar-refractivity contribution in [1.82, 2.24) is 0 Å². The summed E-state index contributed by atoms with van der Waals surface area (Å²) in [6, 6.07) is 8.04. The fourth-order valence-corrected chi connectivity index (χ4v) is 0.918. The first-order valence-electron chi connectivity index (χ1n) is 3.07. The quantitative estimate of drug-likeness (QED) is 0.467. The number of benzene rings is 1. The van der Waals surface area contributed by atoms with Crippen LogP contribution in [0.1, 0.15) is 11.1 Å². The predicted octanol–water partition coefficient (Wildman–Crippen LogP) is 2.26. The second kappa shape index (κ2) is 3.42. The van der Waals surface area contributed by atoms with E-state index in [-0.39, 0.29) is 0 Å². The summed E-state index contributed by atoms with van der Waals surface area (Å²) in [5.41, 5.74) is 2.35. The largest absolute Gasteiger partial charge is 0.227 e. The lowest BCUT2D eigenvalue weighted by atomic mass is 10.1. The van der Waals surface area contributed by atoms with Crippen LogP contribution in [-0.4, -0.2) is 6.21 Å². The summed E-state index contributed by atoms with van der Waals surface area (Å²) in [5.74, 6) is 0. The van der Waals surface area contributed by atoms with E-state index in [1.165, 1.54) is 5.56 Å². The average molecular weight is 151 g/mol. The molecule has 0 heterocycles. The van der Waals surface area contributed by atoms with Gasteiger partial charge in [-0.1, -0.05) is 24.3 Å². The second-order valence-corrected chi connectivity index (χ2v) is 2.33. The average Bonchev–Trinajstić information content (AvgIpc) is 1.94. The van der Waals surface area contributed by atoms with Gasteiger partial charge in [0.2, 0.25) is 0 Å². The molecule has 1 nitrogen and oxygen atoms in total. The molecule has 0 spiro atoms. The molecule has 0 unspecified atom stereocenters. The van der Waals surface area contributed by atoms with E-state index in [0.717, 1.165) is 5.56 Å². The molecule has 0 saturated carbocycles. The summed E-state index contributed by atoms with van der Waals surface area (Å²) in [4.78, 5) is 0. The third-order valence-electron chi connectivity index (χ3n) is 1.39. The van der Waals surface area contributed by atoms with Crippen molar-refractivity contribution in [3.05, 3.63) is 35.4 Å². The van der Waals surface area contributed by atoms with Crippen LogP contribution in [0.15, 0.2) is 28.7 Å². The molecule has 1 aromatic rings. The zero-order chi connectivity index (χ0) is 7.40. The molecule has 0 aliphatic carbocycles. The topological polar surface area (TPSA) is 12.4 Å². The zero-order valence-corrected chi connectivity index (χ0v) is 6.68. The first-order valence-corrected chi connectivity index (χ1v) is 3.47. The Hall–Kier alpha value is -0.760. The molecule has 0 saturated heterocycles. The Kier molecular flexibility index (Phi) is 2.51. The van der Waals surface area contributed by atoms with Crippen molar-refractivity contribution < 1.29 is 0 Å². The third-order valence-corrected chi connectivity index (χ3v) is 1.50. The van der Waals surface area contributed by atoms with E-state index < -0.39 is 0 Å². The molecule has 0 fully saturated rings. The van der Waals surface area contributed by atoms with Crippen LogP contribution < -0.4 is 0 Å². The molecule has 1 aromatic carbocycles. The van der Waals surface area contributed by atoms with Gasteiger partial charge in [0, 0.05) is 6.21 Å². The fraction of sp³-hybridized carbons (Fsp3) is 0.125. The number of aryl methyl sites for hydroxylation is 1. The summed E-state index contributed by atoms with van der Waals surface area (Å²) >= 11 is 3.75. The lowest BCUT2D eigenvalue weighted by molar-refractivity contribution is 1.45. The van der Waals surface area contributed by atoms with E-state index in [1.807, 2.05) is 31.2 Å². The van der Waals surface area contributed by atoms with Crippen molar-refractivity contribution in [2.45, 2.75) is 6.92 Å². The van der Waals surface area contributed by atoms with Gasteiger partial charge in [-0.25, -0.2) is 4.40 Å². The van der Waals surface area contributed by atoms with Crippen LogP contribution in [0.4, 0.5) is 0 Å². The molecule has 0 N–H and O–H groups in total.